The highest BCUT2D eigenvalue weighted by Gasteiger charge is 2.21. The van der Waals surface area contributed by atoms with Gasteiger partial charge in [0.25, 0.3) is 11.8 Å². The molecule has 0 aliphatic rings. The van der Waals surface area contributed by atoms with E-state index in [9.17, 15) is 14.0 Å². The van der Waals surface area contributed by atoms with Crippen LogP contribution in [0.2, 0.25) is 0 Å². The fourth-order valence-electron chi connectivity index (χ4n) is 3.16. The number of carbonyl (C=O) groups excluding carboxylic acids is 2. The maximum absolute atomic E-state index is 13.4. The molecule has 0 radical (unpaired) electrons. The Morgan fingerprint density at radius 1 is 0.968 bits per heavy atom. The molecule has 0 atom stereocenters. The van der Waals surface area contributed by atoms with E-state index in [0.717, 1.165) is 11.3 Å². The van der Waals surface area contributed by atoms with Gasteiger partial charge in [-0.1, -0.05) is 18.2 Å². The molecule has 1 aromatic carbocycles. The van der Waals surface area contributed by atoms with Crippen molar-refractivity contribution in [1.82, 2.24) is 19.8 Å². The van der Waals surface area contributed by atoms with E-state index >= 15 is 0 Å². The lowest BCUT2D eigenvalue weighted by molar-refractivity contribution is 0.0741. The monoisotopic (exact) mass is 420 g/mol. The molecule has 0 spiro atoms. The van der Waals surface area contributed by atoms with Crippen molar-refractivity contribution < 1.29 is 14.0 Å². The fraction of sp³-hybridized carbons (Fsp3) is 0.250. The second-order valence-electron chi connectivity index (χ2n) is 7.45. The summed E-state index contributed by atoms with van der Waals surface area (Å²) in [5, 5.41) is 0. The first kappa shape index (κ1) is 22.1. The molecule has 0 saturated heterocycles. The third-order valence-corrected chi connectivity index (χ3v) is 4.88. The molecule has 2 heterocycles. The molecule has 0 fully saturated rings. The van der Waals surface area contributed by atoms with Gasteiger partial charge in [-0.05, 0) is 48.9 Å². The molecular weight excluding hydrogens is 395 g/mol. The first-order valence-corrected chi connectivity index (χ1v) is 9.98. The predicted octanol–water partition coefficient (Wildman–Crippen LogP) is 3.51. The first-order valence-electron chi connectivity index (χ1n) is 9.98. The van der Waals surface area contributed by atoms with Gasteiger partial charge in [0, 0.05) is 45.5 Å². The summed E-state index contributed by atoms with van der Waals surface area (Å²) in [6, 6.07) is 15.0. The highest BCUT2D eigenvalue weighted by molar-refractivity contribution is 5.97. The largest absolute Gasteiger partial charge is 0.343 e. The Hall–Kier alpha value is -3.61. The van der Waals surface area contributed by atoms with Gasteiger partial charge in [-0.15, -0.1) is 0 Å². The summed E-state index contributed by atoms with van der Waals surface area (Å²) in [6.07, 6.45) is 2.30. The van der Waals surface area contributed by atoms with Crippen LogP contribution in [-0.2, 0) is 13.0 Å². The van der Waals surface area contributed by atoms with Crippen molar-refractivity contribution in [3.8, 4) is 0 Å². The van der Waals surface area contributed by atoms with Crippen LogP contribution in [0.3, 0.4) is 0 Å². The maximum atomic E-state index is 13.4. The molecule has 3 rings (SSSR count). The molecule has 0 N–H and O–H groups in total. The lowest BCUT2D eigenvalue weighted by Crippen LogP contribution is -2.33. The van der Waals surface area contributed by atoms with E-state index in [4.69, 9.17) is 0 Å². The molecule has 0 unspecified atom stereocenters. The van der Waals surface area contributed by atoms with Crippen LogP contribution in [-0.4, -0.2) is 52.2 Å². The smallest absolute Gasteiger partial charge is 0.271 e. The van der Waals surface area contributed by atoms with Crippen LogP contribution >= 0.6 is 0 Å². The minimum absolute atomic E-state index is 0.200. The van der Waals surface area contributed by atoms with Crippen LogP contribution in [0.15, 0.2) is 60.8 Å². The number of benzene rings is 1. The third-order valence-electron chi connectivity index (χ3n) is 4.88. The Bertz CT molecular complexity index is 1050. The van der Waals surface area contributed by atoms with Gasteiger partial charge in [0.2, 0.25) is 0 Å². The van der Waals surface area contributed by atoms with E-state index < -0.39 is 0 Å². The highest BCUT2D eigenvalue weighted by atomic mass is 19.1. The van der Waals surface area contributed by atoms with Crippen LogP contribution in [0, 0.1) is 12.7 Å². The summed E-state index contributed by atoms with van der Waals surface area (Å²) < 4.78 is 13.3. The SMILES string of the molecule is Cc1nc(C(=O)N(C)C)ccc1C(=O)N(CCc1ccccn1)Cc1ccc(F)cc1. The maximum Gasteiger partial charge on any atom is 0.271 e. The number of pyridine rings is 2. The van der Waals surface area contributed by atoms with Crippen molar-refractivity contribution in [3.63, 3.8) is 0 Å². The van der Waals surface area contributed by atoms with E-state index in [1.807, 2.05) is 18.2 Å². The zero-order valence-corrected chi connectivity index (χ0v) is 17.9. The molecule has 2 aromatic heterocycles. The first-order chi connectivity index (χ1) is 14.8. The zero-order valence-electron chi connectivity index (χ0n) is 17.9. The van der Waals surface area contributed by atoms with Crippen molar-refractivity contribution in [2.24, 2.45) is 0 Å². The van der Waals surface area contributed by atoms with Crippen LogP contribution in [0.4, 0.5) is 4.39 Å². The number of aromatic nitrogens is 2. The average Bonchev–Trinajstić information content (AvgIpc) is 2.77. The van der Waals surface area contributed by atoms with Gasteiger partial charge < -0.3 is 9.80 Å². The third kappa shape index (κ3) is 5.72. The molecular formula is C24H25FN4O2. The lowest BCUT2D eigenvalue weighted by Gasteiger charge is -2.24. The van der Waals surface area contributed by atoms with E-state index in [1.165, 1.54) is 17.0 Å². The van der Waals surface area contributed by atoms with Gasteiger partial charge in [-0.3, -0.25) is 14.6 Å². The molecule has 0 aliphatic carbocycles. The highest BCUT2D eigenvalue weighted by Crippen LogP contribution is 2.15. The molecule has 2 amide bonds. The van der Waals surface area contributed by atoms with E-state index in [0.29, 0.717) is 30.8 Å². The van der Waals surface area contributed by atoms with Crippen molar-refractivity contribution in [2.45, 2.75) is 19.9 Å². The summed E-state index contributed by atoms with van der Waals surface area (Å²) in [5.74, 6) is -0.745. The van der Waals surface area contributed by atoms with Crippen molar-refractivity contribution in [2.75, 3.05) is 20.6 Å². The summed E-state index contributed by atoms with van der Waals surface area (Å²) in [5.41, 5.74) is 2.90. The number of aryl methyl sites for hydroxylation is 1. The second-order valence-corrected chi connectivity index (χ2v) is 7.45. The average molecular weight is 420 g/mol. The number of hydrogen-bond donors (Lipinski definition) is 0. The second kappa shape index (κ2) is 9.93. The Kier molecular flexibility index (Phi) is 7.07. The number of carbonyl (C=O) groups is 2. The number of hydrogen-bond acceptors (Lipinski definition) is 4. The normalized spacial score (nSPS) is 10.6. The number of rotatable bonds is 7. The van der Waals surface area contributed by atoms with Gasteiger partial charge in [0.05, 0.1) is 11.3 Å². The number of amides is 2. The molecule has 6 nitrogen and oxygen atoms in total. The van der Waals surface area contributed by atoms with Crippen LogP contribution in [0.5, 0.6) is 0 Å². The summed E-state index contributed by atoms with van der Waals surface area (Å²) in [7, 11) is 3.31. The minimum Gasteiger partial charge on any atom is -0.343 e. The molecule has 0 aliphatic heterocycles. The molecule has 31 heavy (non-hydrogen) atoms. The molecule has 160 valence electrons. The molecule has 7 heteroatoms. The van der Waals surface area contributed by atoms with Crippen LogP contribution < -0.4 is 0 Å². The van der Waals surface area contributed by atoms with E-state index in [2.05, 4.69) is 9.97 Å². The summed E-state index contributed by atoms with van der Waals surface area (Å²) in [6.45, 7) is 2.48. The topological polar surface area (TPSA) is 66.4 Å². The van der Waals surface area contributed by atoms with Crippen LogP contribution in [0.1, 0.15) is 37.8 Å². The summed E-state index contributed by atoms with van der Waals surface area (Å²) >= 11 is 0. The lowest BCUT2D eigenvalue weighted by atomic mass is 10.1. The zero-order chi connectivity index (χ0) is 22.4. The Morgan fingerprint density at radius 3 is 2.32 bits per heavy atom. The Morgan fingerprint density at radius 2 is 1.71 bits per heavy atom. The Labute approximate surface area is 181 Å². The summed E-state index contributed by atoms with van der Waals surface area (Å²) in [4.78, 5) is 37.3. The number of nitrogens with zero attached hydrogens (tertiary/aromatic N) is 4. The molecule has 0 bridgehead atoms. The van der Waals surface area contributed by atoms with Crippen LogP contribution in [0.25, 0.3) is 0 Å². The van der Waals surface area contributed by atoms with Gasteiger partial charge >= 0.3 is 0 Å². The van der Waals surface area contributed by atoms with E-state index in [-0.39, 0.29) is 23.3 Å². The standard InChI is InChI=1S/C24H25FN4O2/c1-17-21(11-12-22(27-17)24(31)28(2)3)23(30)29(15-13-20-6-4-5-14-26-20)16-18-7-9-19(25)10-8-18/h4-12,14H,13,15-16H2,1-3H3. The fourth-order valence-corrected chi connectivity index (χ4v) is 3.16. The minimum atomic E-state index is -0.323. The van der Waals surface area contributed by atoms with Crippen molar-refractivity contribution >= 4 is 11.8 Å². The van der Waals surface area contributed by atoms with Crippen molar-refractivity contribution in [1.29, 1.82) is 0 Å². The molecule has 0 saturated carbocycles. The van der Waals surface area contributed by atoms with E-state index in [1.54, 1.807) is 56.4 Å². The van der Waals surface area contributed by atoms with Gasteiger partial charge in [-0.25, -0.2) is 9.37 Å². The predicted molar refractivity (Wildman–Crippen MR) is 116 cm³/mol. The van der Waals surface area contributed by atoms with Gasteiger partial charge in [0.15, 0.2) is 0 Å². The van der Waals surface area contributed by atoms with Crippen molar-refractivity contribution in [3.05, 3.63) is 94.8 Å². The van der Waals surface area contributed by atoms with Gasteiger partial charge in [-0.2, -0.15) is 0 Å². The van der Waals surface area contributed by atoms with Gasteiger partial charge in [0.1, 0.15) is 11.5 Å². The Balaban J connectivity index is 1.85. The quantitative estimate of drug-likeness (QED) is 0.587. The number of halogens is 1. The molecule has 3 aromatic rings.